The summed E-state index contributed by atoms with van der Waals surface area (Å²) in [6.45, 7) is 3.33. The summed E-state index contributed by atoms with van der Waals surface area (Å²) in [7, 11) is -3.73. The van der Waals surface area contributed by atoms with Crippen molar-refractivity contribution in [3.05, 3.63) is 0 Å². The van der Waals surface area contributed by atoms with Gasteiger partial charge < -0.3 is 8.92 Å². The molecule has 0 radical (unpaired) electrons. The van der Waals surface area contributed by atoms with Gasteiger partial charge in [0.1, 0.15) is 0 Å². The van der Waals surface area contributed by atoms with Gasteiger partial charge in [0.15, 0.2) is 0 Å². The van der Waals surface area contributed by atoms with Gasteiger partial charge in [-0.25, -0.2) is 4.79 Å². The molecule has 0 saturated heterocycles. The Morgan fingerprint density at radius 1 is 1.33 bits per heavy atom. The minimum Gasteiger partial charge on any atom is -0.434 e. The Morgan fingerprint density at radius 3 is 2.33 bits per heavy atom. The zero-order valence-electron chi connectivity index (χ0n) is 7.07. The Labute approximate surface area is 71.8 Å². The van der Waals surface area contributed by atoms with Crippen molar-refractivity contribution >= 4 is 16.3 Å². The molecule has 0 aromatic rings. The molecule has 0 atom stereocenters. The summed E-state index contributed by atoms with van der Waals surface area (Å²) in [5.74, 6) is -0.175. The monoisotopic (exact) mass is 196 g/mol. The van der Waals surface area contributed by atoms with Crippen molar-refractivity contribution in [3.63, 3.8) is 0 Å². The molecule has 0 rings (SSSR count). The zero-order valence-corrected chi connectivity index (χ0v) is 7.89. The van der Waals surface area contributed by atoms with E-state index < -0.39 is 16.3 Å². The van der Waals surface area contributed by atoms with Crippen LogP contribution in [0.1, 0.15) is 20.3 Å². The number of hydrogen-bond donors (Lipinski definition) is 0. The maximum absolute atomic E-state index is 10.8. The Morgan fingerprint density at radius 2 is 1.92 bits per heavy atom. The van der Waals surface area contributed by atoms with Crippen LogP contribution in [-0.2, 0) is 19.0 Å². The van der Waals surface area contributed by atoms with E-state index in [1.807, 2.05) is 0 Å². The molecule has 0 aliphatic heterocycles. The van der Waals surface area contributed by atoms with Crippen LogP contribution >= 0.6 is 0 Å². The van der Waals surface area contributed by atoms with Crippen LogP contribution in [0.3, 0.4) is 0 Å². The lowest BCUT2D eigenvalue weighted by Crippen LogP contribution is -2.16. The van der Waals surface area contributed by atoms with Crippen LogP contribution in [0, 0.1) is 0 Å². The van der Waals surface area contributed by atoms with Gasteiger partial charge in [-0.3, -0.25) is 0 Å². The minimum absolute atomic E-state index is 0.0977. The second-order valence-electron chi connectivity index (χ2n) is 2.03. The summed E-state index contributed by atoms with van der Waals surface area (Å²) < 4.78 is 29.9. The van der Waals surface area contributed by atoms with Crippen LogP contribution in [0.5, 0.6) is 0 Å². The van der Waals surface area contributed by atoms with E-state index in [0.717, 1.165) is 0 Å². The average molecular weight is 196 g/mol. The van der Waals surface area contributed by atoms with Crippen molar-refractivity contribution in [2.24, 2.45) is 0 Å². The highest BCUT2D eigenvalue weighted by Crippen LogP contribution is 1.98. The van der Waals surface area contributed by atoms with Gasteiger partial charge in [0, 0.05) is 0 Å². The van der Waals surface area contributed by atoms with Gasteiger partial charge >= 0.3 is 16.3 Å². The van der Waals surface area contributed by atoms with Crippen LogP contribution in [-0.4, -0.2) is 26.9 Å². The number of rotatable bonds is 4. The highest BCUT2D eigenvalue weighted by atomic mass is 32.2. The first-order valence-corrected chi connectivity index (χ1v) is 5.18. The van der Waals surface area contributed by atoms with Crippen molar-refractivity contribution in [3.8, 4) is 0 Å². The molecule has 0 heterocycles. The highest BCUT2D eigenvalue weighted by molar-refractivity contribution is 7.87. The molecule has 0 bridgehead atoms. The molecule has 0 amide bonds. The van der Waals surface area contributed by atoms with Crippen LogP contribution in [0.2, 0.25) is 0 Å². The molecule has 0 aromatic carbocycles. The van der Waals surface area contributed by atoms with Gasteiger partial charge in [-0.1, -0.05) is 6.92 Å². The van der Waals surface area contributed by atoms with E-state index in [0.29, 0.717) is 6.42 Å². The molecule has 0 fully saturated rings. The van der Waals surface area contributed by atoms with Crippen molar-refractivity contribution in [1.29, 1.82) is 0 Å². The maximum atomic E-state index is 10.8. The van der Waals surface area contributed by atoms with Crippen LogP contribution in [0.15, 0.2) is 0 Å². The largest absolute Gasteiger partial charge is 0.524 e. The van der Waals surface area contributed by atoms with Gasteiger partial charge in [-0.05, 0) is 13.3 Å². The lowest BCUT2D eigenvalue weighted by atomic mass is 10.6. The highest BCUT2D eigenvalue weighted by Gasteiger charge is 2.16. The molecule has 6 heteroatoms. The second-order valence-corrected chi connectivity index (χ2v) is 3.72. The quantitative estimate of drug-likeness (QED) is 0.493. The molecular weight excluding hydrogens is 184 g/mol. The van der Waals surface area contributed by atoms with E-state index in [4.69, 9.17) is 0 Å². The Kier molecular flexibility index (Phi) is 4.65. The number of carbonyl (C=O) groups is 1. The summed E-state index contributed by atoms with van der Waals surface area (Å²) >= 11 is 0. The van der Waals surface area contributed by atoms with Crippen LogP contribution in [0.4, 0.5) is 4.79 Å². The van der Waals surface area contributed by atoms with E-state index in [-0.39, 0.29) is 12.4 Å². The lowest BCUT2D eigenvalue weighted by Gasteiger charge is -2.02. The molecule has 0 aliphatic rings. The number of carbonyl (C=O) groups excluding carboxylic acids is 1. The van der Waals surface area contributed by atoms with E-state index in [2.05, 4.69) is 8.92 Å². The van der Waals surface area contributed by atoms with E-state index >= 15 is 0 Å². The maximum Gasteiger partial charge on any atom is 0.524 e. The fourth-order valence-corrected chi connectivity index (χ4v) is 1.38. The molecule has 72 valence electrons. The fraction of sp³-hybridized carbons (Fsp3) is 0.833. The predicted octanol–water partition coefficient (Wildman–Crippen LogP) is 0.899. The number of ether oxygens (including phenoxy) is 1. The van der Waals surface area contributed by atoms with E-state index in [1.165, 1.54) is 0 Å². The van der Waals surface area contributed by atoms with Crippen molar-refractivity contribution in [1.82, 2.24) is 0 Å². The summed E-state index contributed by atoms with van der Waals surface area (Å²) in [6, 6.07) is 0. The van der Waals surface area contributed by atoms with Gasteiger partial charge in [0.25, 0.3) is 0 Å². The van der Waals surface area contributed by atoms with E-state index in [1.54, 1.807) is 13.8 Å². The predicted molar refractivity (Wildman–Crippen MR) is 42.2 cm³/mol. The third-order valence-electron chi connectivity index (χ3n) is 0.911. The normalized spacial score (nSPS) is 10.8. The third kappa shape index (κ3) is 4.95. The van der Waals surface area contributed by atoms with Gasteiger partial charge in [0.05, 0.1) is 12.4 Å². The Bertz CT molecular complexity index is 230. The topological polar surface area (TPSA) is 69.7 Å². The standard InChI is InChI=1S/C6H12O5S/c1-3-5-12(8,9)11-6(7)10-4-2/h3-5H2,1-2H3. The average Bonchev–Trinajstić information content (AvgIpc) is 1.85. The summed E-state index contributed by atoms with van der Waals surface area (Å²) in [5.41, 5.74) is 0. The third-order valence-corrected chi connectivity index (χ3v) is 2.21. The van der Waals surface area contributed by atoms with Crippen molar-refractivity contribution < 1.29 is 22.1 Å². The van der Waals surface area contributed by atoms with Gasteiger partial charge in [-0.15, -0.1) is 0 Å². The van der Waals surface area contributed by atoms with Crippen LogP contribution < -0.4 is 0 Å². The molecule has 0 N–H and O–H groups in total. The molecular formula is C6H12O5S. The summed E-state index contributed by atoms with van der Waals surface area (Å²) in [6.07, 6.45) is -0.757. The summed E-state index contributed by atoms with van der Waals surface area (Å²) in [5, 5.41) is 0. The fourth-order valence-electron chi connectivity index (χ4n) is 0.537. The molecule has 0 spiro atoms. The molecule has 12 heavy (non-hydrogen) atoms. The smallest absolute Gasteiger partial charge is 0.434 e. The Balaban J connectivity index is 3.98. The lowest BCUT2D eigenvalue weighted by molar-refractivity contribution is 0.107. The SMILES string of the molecule is CCCS(=O)(=O)OC(=O)OCC. The first kappa shape index (κ1) is 11.2. The molecule has 0 unspecified atom stereocenters. The first-order valence-electron chi connectivity index (χ1n) is 3.60. The number of hydrogen-bond acceptors (Lipinski definition) is 5. The summed E-state index contributed by atoms with van der Waals surface area (Å²) in [4.78, 5) is 10.5. The minimum atomic E-state index is -3.73. The van der Waals surface area contributed by atoms with Crippen molar-refractivity contribution in [2.45, 2.75) is 20.3 Å². The molecule has 0 aromatic heterocycles. The molecule has 0 aliphatic carbocycles. The first-order chi connectivity index (χ1) is 5.52. The van der Waals surface area contributed by atoms with Gasteiger partial charge in [-0.2, -0.15) is 8.42 Å². The van der Waals surface area contributed by atoms with Crippen molar-refractivity contribution in [2.75, 3.05) is 12.4 Å². The van der Waals surface area contributed by atoms with Gasteiger partial charge in [0.2, 0.25) is 0 Å². The molecule has 0 saturated carbocycles. The van der Waals surface area contributed by atoms with Crippen LogP contribution in [0.25, 0.3) is 0 Å². The zero-order chi connectivity index (χ0) is 9.61. The second kappa shape index (κ2) is 4.97. The molecule has 5 nitrogen and oxygen atoms in total. The Hall–Kier alpha value is -0.780. The van der Waals surface area contributed by atoms with E-state index in [9.17, 15) is 13.2 Å².